The van der Waals surface area contributed by atoms with Gasteiger partial charge in [-0.3, -0.25) is 4.79 Å². The predicted molar refractivity (Wildman–Crippen MR) is 60.3 cm³/mol. The molecule has 0 radical (unpaired) electrons. The van der Waals surface area contributed by atoms with Crippen LogP contribution in [0.5, 0.6) is 0 Å². The first kappa shape index (κ1) is 16.5. The van der Waals surface area contributed by atoms with Gasteiger partial charge in [0.15, 0.2) is 5.78 Å². The summed E-state index contributed by atoms with van der Waals surface area (Å²) in [6.07, 6.45) is -4.34. The van der Waals surface area contributed by atoms with Gasteiger partial charge in [0.25, 0.3) is 0 Å². The quantitative estimate of drug-likeness (QED) is 0.320. The highest BCUT2D eigenvalue weighted by molar-refractivity contribution is 5.83. The fourth-order valence-corrected chi connectivity index (χ4v) is 1.41. The Labute approximate surface area is 101 Å². The first-order chi connectivity index (χ1) is 7.95. The van der Waals surface area contributed by atoms with Crippen LogP contribution in [0.2, 0.25) is 0 Å². The second-order valence-electron chi connectivity index (χ2n) is 4.10. The average Bonchev–Trinajstić information content (AvgIpc) is 2.35. The van der Waals surface area contributed by atoms with Gasteiger partial charge in [-0.05, 0) is 6.42 Å². The molecule has 0 rings (SSSR count). The lowest BCUT2D eigenvalue weighted by molar-refractivity contribution is -0.147. The standard InChI is InChI=1S/C11H22O6/c1-2-3-4-5-7(13)9(15)11(17)10(16)8(14)6-12/h8-12,14-17H,2-6H2,1H3/t8-,9-,10-,11-/m1/s1. The summed E-state index contributed by atoms with van der Waals surface area (Å²) >= 11 is 0. The summed E-state index contributed by atoms with van der Waals surface area (Å²) < 4.78 is 0. The van der Waals surface area contributed by atoms with Crippen molar-refractivity contribution in [2.24, 2.45) is 0 Å². The summed E-state index contributed by atoms with van der Waals surface area (Å²) in [4.78, 5) is 11.4. The van der Waals surface area contributed by atoms with E-state index in [1.165, 1.54) is 0 Å². The summed E-state index contributed by atoms with van der Waals surface area (Å²) in [5.41, 5.74) is 0. The second-order valence-corrected chi connectivity index (χ2v) is 4.10. The van der Waals surface area contributed by atoms with Crippen LogP contribution in [-0.2, 0) is 4.79 Å². The molecular formula is C11H22O6. The van der Waals surface area contributed by atoms with Crippen LogP contribution >= 0.6 is 0 Å². The number of aliphatic hydroxyl groups excluding tert-OH is 5. The number of hydrogen-bond acceptors (Lipinski definition) is 6. The molecule has 0 aliphatic heterocycles. The smallest absolute Gasteiger partial charge is 0.164 e. The Hall–Kier alpha value is -0.530. The number of hydrogen-bond donors (Lipinski definition) is 5. The molecule has 4 atom stereocenters. The van der Waals surface area contributed by atoms with Gasteiger partial charge >= 0.3 is 0 Å². The van der Waals surface area contributed by atoms with Crippen molar-refractivity contribution < 1.29 is 30.3 Å². The number of carbonyl (C=O) groups is 1. The van der Waals surface area contributed by atoms with Gasteiger partial charge in [-0.25, -0.2) is 0 Å². The van der Waals surface area contributed by atoms with E-state index in [1.807, 2.05) is 6.92 Å². The molecule has 0 aromatic carbocycles. The molecule has 0 heterocycles. The van der Waals surface area contributed by atoms with Crippen molar-refractivity contribution in [2.75, 3.05) is 6.61 Å². The molecule has 0 spiro atoms. The minimum absolute atomic E-state index is 0.119. The molecule has 0 aliphatic carbocycles. The SMILES string of the molecule is CCCCCC(=O)[C@@H](O)[C@@H](O)[C@H](O)[C@H](O)CO. The highest BCUT2D eigenvalue weighted by Gasteiger charge is 2.33. The highest BCUT2D eigenvalue weighted by atomic mass is 16.4. The van der Waals surface area contributed by atoms with E-state index in [9.17, 15) is 20.1 Å². The lowest BCUT2D eigenvalue weighted by Gasteiger charge is -2.24. The first-order valence-corrected chi connectivity index (χ1v) is 5.81. The fourth-order valence-electron chi connectivity index (χ4n) is 1.41. The van der Waals surface area contributed by atoms with E-state index in [0.29, 0.717) is 6.42 Å². The second kappa shape index (κ2) is 8.54. The van der Waals surface area contributed by atoms with Gasteiger partial charge in [0.1, 0.15) is 24.4 Å². The van der Waals surface area contributed by atoms with Crippen LogP contribution in [0.3, 0.4) is 0 Å². The van der Waals surface area contributed by atoms with Crippen LogP contribution in [0, 0.1) is 0 Å². The zero-order chi connectivity index (χ0) is 13.4. The van der Waals surface area contributed by atoms with Crippen molar-refractivity contribution >= 4 is 5.78 Å². The van der Waals surface area contributed by atoms with Crippen molar-refractivity contribution in [3.8, 4) is 0 Å². The van der Waals surface area contributed by atoms with E-state index in [-0.39, 0.29) is 6.42 Å². The van der Waals surface area contributed by atoms with Gasteiger partial charge in [0, 0.05) is 6.42 Å². The third-order valence-electron chi connectivity index (χ3n) is 2.61. The summed E-state index contributed by atoms with van der Waals surface area (Å²) in [5.74, 6) is -0.574. The Morgan fingerprint density at radius 1 is 1.06 bits per heavy atom. The van der Waals surface area contributed by atoms with Crippen LogP contribution in [0.1, 0.15) is 32.6 Å². The monoisotopic (exact) mass is 250 g/mol. The molecule has 5 N–H and O–H groups in total. The van der Waals surface area contributed by atoms with Crippen molar-refractivity contribution in [3.63, 3.8) is 0 Å². The normalized spacial score (nSPS) is 18.5. The maximum absolute atomic E-state index is 11.4. The zero-order valence-corrected chi connectivity index (χ0v) is 9.99. The van der Waals surface area contributed by atoms with E-state index < -0.39 is 36.8 Å². The summed E-state index contributed by atoms with van der Waals surface area (Å²) in [7, 11) is 0. The van der Waals surface area contributed by atoms with Gasteiger partial charge < -0.3 is 25.5 Å². The predicted octanol–water partition coefficient (Wildman–Crippen LogP) is -1.43. The molecule has 0 unspecified atom stereocenters. The Kier molecular flexibility index (Phi) is 8.28. The molecule has 6 heteroatoms. The molecule has 0 aliphatic rings. The van der Waals surface area contributed by atoms with Crippen LogP contribution in [0.15, 0.2) is 0 Å². The minimum Gasteiger partial charge on any atom is -0.394 e. The Bertz CT molecular complexity index is 220. The molecule has 0 amide bonds. The van der Waals surface area contributed by atoms with Crippen molar-refractivity contribution in [2.45, 2.75) is 57.0 Å². The summed E-state index contributed by atoms with van der Waals surface area (Å²) in [6, 6.07) is 0. The maximum Gasteiger partial charge on any atom is 0.164 e. The van der Waals surface area contributed by atoms with Crippen molar-refractivity contribution in [1.29, 1.82) is 0 Å². The highest BCUT2D eigenvalue weighted by Crippen LogP contribution is 2.09. The maximum atomic E-state index is 11.4. The molecule has 0 saturated heterocycles. The zero-order valence-electron chi connectivity index (χ0n) is 9.99. The lowest BCUT2D eigenvalue weighted by atomic mass is 9.97. The largest absolute Gasteiger partial charge is 0.394 e. The Morgan fingerprint density at radius 2 is 1.65 bits per heavy atom. The molecule has 17 heavy (non-hydrogen) atoms. The van der Waals surface area contributed by atoms with Gasteiger partial charge in [-0.1, -0.05) is 19.8 Å². The van der Waals surface area contributed by atoms with E-state index >= 15 is 0 Å². The van der Waals surface area contributed by atoms with E-state index in [4.69, 9.17) is 10.2 Å². The molecule has 0 fully saturated rings. The third-order valence-corrected chi connectivity index (χ3v) is 2.61. The third kappa shape index (κ3) is 5.56. The fraction of sp³-hybridized carbons (Fsp3) is 0.909. The van der Waals surface area contributed by atoms with Crippen molar-refractivity contribution in [1.82, 2.24) is 0 Å². The van der Waals surface area contributed by atoms with E-state index in [1.54, 1.807) is 0 Å². The van der Waals surface area contributed by atoms with E-state index in [0.717, 1.165) is 12.8 Å². The number of aliphatic hydroxyl groups is 5. The van der Waals surface area contributed by atoms with Gasteiger partial charge in [-0.15, -0.1) is 0 Å². The molecule has 0 aromatic rings. The number of carbonyl (C=O) groups excluding carboxylic acids is 1. The average molecular weight is 250 g/mol. The molecule has 0 aromatic heterocycles. The molecule has 0 bridgehead atoms. The first-order valence-electron chi connectivity index (χ1n) is 5.81. The van der Waals surface area contributed by atoms with Crippen LogP contribution < -0.4 is 0 Å². The number of unbranched alkanes of at least 4 members (excludes halogenated alkanes) is 2. The van der Waals surface area contributed by atoms with Crippen LogP contribution in [0.4, 0.5) is 0 Å². The Morgan fingerprint density at radius 3 is 2.12 bits per heavy atom. The van der Waals surface area contributed by atoms with Crippen LogP contribution in [0.25, 0.3) is 0 Å². The minimum atomic E-state index is -1.79. The summed E-state index contributed by atoms with van der Waals surface area (Å²) in [5, 5.41) is 45.8. The van der Waals surface area contributed by atoms with Crippen molar-refractivity contribution in [3.05, 3.63) is 0 Å². The number of Topliss-reactive ketones (excluding diaryl/α,β-unsaturated/α-hetero) is 1. The molecular weight excluding hydrogens is 228 g/mol. The van der Waals surface area contributed by atoms with Gasteiger partial charge in [0.2, 0.25) is 0 Å². The molecule has 6 nitrogen and oxygen atoms in total. The number of ketones is 1. The Balaban J connectivity index is 4.18. The lowest BCUT2D eigenvalue weighted by Crippen LogP contribution is -2.48. The summed E-state index contributed by atoms with van der Waals surface area (Å²) in [6.45, 7) is 1.21. The van der Waals surface area contributed by atoms with Crippen LogP contribution in [-0.4, -0.2) is 62.3 Å². The number of rotatable bonds is 9. The van der Waals surface area contributed by atoms with Gasteiger partial charge in [-0.2, -0.15) is 0 Å². The van der Waals surface area contributed by atoms with E-state index in [2.05, 4.69) is 0 Å². The molecule has 102 valence electrons. The molecule has 0 saturated carbocycles. The topological polar surface area (TPSA) is 118 Å². The van der Waals surface area contributed by atoms with Gasteiger partial charge in [0.05, 0.1) is 6.61 Å².